The van der Waals surface area contributed by atoms with E-state index in [1.807, 2.05) is 30.1 Å². The summed E-state index contributed by atoms with van der Waals surface area (Å²) in [4.78, 5) is 37.9. The van der Waals surface area contributed by atoms with Gasteiger partial charge in [-0.1, -0.05) is 26.8 Å². The summed E-state index contributed by atoms with van der Waals surface area (Å²) in [6.07, 6.45) is 0. The summed E-state index contributed by atoms with van der Waals surface area (Å²) in [6, 6.07) is 5.17. The molecule has 1 spiro atoms. The van der Waals surface area contributed by atoms with Gasteiger partial charge in [0.15, 0.2) is 0 Å². The van der Waals surface area contributed by atoms with Crippen molar-refractivity contribution in [3.63, 3.8) is 0 Å². The number of rotatable bonds is 0. The number of carbonyl (C=O) groups excluding carboxylic acids is 3. The molecule has 122 valence electrons. The number of imide groups is 2. The van der Waals surface area contributed by atoms with Gasteiger partial charge in [0.1, 0.15) is 0 Å². The first kappa shape index (κ1) is 15.3. The van der Waals surface area contributed by atoms with E-state index in [0.29, 0.717) is 5.69 Å². The second-order valence-corrected chi connectivity index (χ2v) is 7.11. The van der Waals surface area contributed by atoms with Gasteiger partial charge < -0.3 is 10.2 Å². The third-order valence-electron chi connectivity index (χ3n) is 4.33. The SMILES string of the molecule is CN1CC2(Nc3cc(C(C)(C)C)ccc31)C(=O)NC(=O)NC2=O. The number of likely N-dealkylation sites (N-methyl/N-ethyl adjacent to an activating group) is 1. The molecule has 0 radical (unpaired) electrons. The number of nitrogens with zero attached hydrogens (tertiary/aromatic N) is 1. The average Bonchev–Trinajstić information content (AvgIpc) is 2.43. The summed E-state index contributed by atoms with van der Waals surface area (Å²) >= 11 is 0. The lowest BCUT2D eigenvalue weighted by Crippen LogP contribution is -2.74. The number of fused-ring (bicyclic) bond motifs is 1. The van der Waals surface area contributed by atoms with Gasteiger partial charge in [-0.3, -0.25) is 20.2 Å². The first-order valence-corrected chi connectivity index (χ1v) is 7.44. The number of urea groups is 1. The molecule has 7 nitrogen and oxygen atoms in total. The zero-order chi connectivity index (χ0) is 17.0. The maximum Gasteiger partial charge on any atom is 0.328 e. The molecule has 4 amide bonds. The second-order valence-electron chi connectivity index (χ2n) is 7.11. The van der Waals surface area contributed by atoms with Crippen LogP contribution in [0.3, 0.4) is 0 Å². The predicted octanol–water partition coefficient (Wildman–Crippen LogP) is 0.951. The van der Waals surface area contributed by atoms with Crippen LogP contribution in [0.4, 0.5) is 16.2 Å². The highest BCUT2D eigenvalue weighted by Crippen LogP contribution is 2.37. The zero-order valence-electron chi connectivity index (χ0n) is 13.6. The molecule has 0 unspecified atom stereocenters. The van der Waals surface area contributed by atoms with Gasteiger partial charge in [0.2, 0.25) is 5.54 Å². The van der Waals surface area contributed by atoms with E-state index in [2.05, 4.69) is 36.7 Å². The molecular weight excluding hydrogens is 296 g/mol. The van der Waals surface area contributed by atoms with E-state index < -0.39 is 23.4 Å². The summed E-state index contributed by atoms with van der Waals surface area (Å²) < 4.78 is 0. The van der Waals surface area contributed by atoms with Crippen molar-refractivity contribution in [1.82, 2.24) is 10.6 Å². The largest absolute Gasteiger partial charge is 0.369 e. The fourth-order valence-corrected chi connectivity index (χ4v) is 2.96. The minimum atomic E-state index is -1.51. The molecular formula is C16H20N4O3. The number of anilines is 2. The molecule has 23 heavy (non-hydrogen) atoms. The third-order valence-corrected chi connectivity index (χ3v) is 4.33. The van der Waals surface area contributed by atoms with Gasteiger partial charge in [0.25, 0.3) is 11.8 Å². The molecule has 0 bridgehead atoms. The van der Waals surface area contributed by atoms with E-state index in [1.54, 1.807) is 0 Å². The Bertz CT molecular complexity index is 701. The summed E-state index contributed by atoms with van der Waals surface area (Å²) in [5, 5.41) is 7.39. The number of nitrogens with one attached hydrogen (secondary N) is 3. The fourth-order valence-electron chi connectivity index (χ4n) is 2.96. The maximum atomic E-state index is 12.3. The molecule has 1 aromatic carbocycles. The molecule has 2 heterocycles. The second kappa shape index (κ2) is 4.71. The first-order valence-electron chi connectivity index (χ1n) is 7.44. The van der Waals surface area contributed by atoms with Gasteiger partial charge in [-0.2, -0.15) is 0 Å². The molecule has 1 saturated heterocycles. The van der Waals surface area contributed by atoms with Crippen molar-refractivity contribution < 1.29 is 14.4 Å². The van der Waals surface area contributed by atoms with Crippen LogP contribution >= 0.6 is 0 Å². The van der Waals surface area contributed by atoms with Crippen molar-refractivity contribution in [2.45, 2.75) is 31.7 Å². The Kier molecular flexibility index (Phi) is 3.14. The molecule has 0 atom stereocenters. The molecule has 2 aliphatic heterocycles. The Hall–Kier alpha value is -2.57. The van der Waals surface area contributed by atoms with Crippen molar-refractivity contribution >= 4 is 29.2 Å². The van der Waals surface area contributed by atoms with Crippen LogP contribution in [0.25, 0.3) is 0 Å². The van der Waals surface area contributed by atoms with Gasteiger partial charge in [-0.05, 0) is 23.1 Å². The van der Waals surface area contributed by atoms with Crippen LogP contribution in [-0.4, -0.2) is 37.0 Å². The highest BCUT2D eigenvalue weighted by atomic mass is 16.2. The van der Waals surface area contributed by atoms with Crippen LogP contribution in [0, 0.1) is 0 Å². The Balaban J connectivity index is 2.07. The number of hydrogen-bond donors (Lipinski definition) is 3. The molecule has 0 aliphatic carbocycles. The van der Waals surface area contributed by atoms with Gasteiger partial charge in [-0.25, -0.2) is 4.79 Å². The summed E-state index contributed by atoms with van der Waals surface area (Å²) in [5.74, 6) is -1.27. The van der Waals surface area contributed by atoms with E-state index in [-0.39, 0.29) is 12.0 Å². The molecule has 0 saturated carbocycles. The standard InChI is InChI=1S/C16H20N4O3/c1-15(2,3)9-5-6-11-10(7-9)19-16(8-20(11)4)12(21)17-14(23)18-13(16)22/h5-7,19H,8H2,1-4H3,(H2,17,18,21,22,23). The molecule has 3 N–H and O–H groups in total. The summed E-state index contributed by atoms with van der Waals surface area (Å²) in [5.41, 5.74) is 1.12. The fraction of sp³-hybridized carbons (Fsp3) is 0.438. The van der Waals surface area contributed by atoms with E-state index in [1.165, 1.54) is 0 Å². The highest BCUT2D eigenvalue weighted by molar-refractivity contribution is 6.25. The summed E-state index contributed by atoms with van der Waals surface area (Å²) in [7, 11) is 1.81. The monoisotopic (exact) mass is 316 g/mol. The third kappa shape index (κ3) is 2.32. The minimum Gasteiger partial charge on any atom is -0.369 e. The van der Waals surface area contributed by atoms with Gasteiger partial charge in [0, 0.05) is 7.05 Å². The van der Waals surface area contributed by atoms with Crippen LogP contribution in [0.15, 0.2) is 18.2 Å². The average molecular weight is 316 g/mol. The van der Waals surface area contributed by atoms with Crippen LogP contribution < -0.4 is 20.9 Å². The van der Waals surface area contributed by atoms with E-state index >= 15 is 0 Å². The molecule has 7 heteroatoms. The topological polar surface area (TPSA) is 90.5 Å². The quantitative estimate of drug-likeness (QED) is 0.620. The van der Waals surface area contributed by atoms with Gasteiger partial charge >= 0.3 is 6.03 Å². The Morgan fingerprint density at radius 3 is 2.26 bits per heavy atom. The number of hydrogen-bond acceptors (Lipinski definition) is 5. The maximum absolute atomic E-state index is 12.3. The Morgan fingerprint density at radius 2 is 1.70 bits per heavy atom. The van der Waals surface area contributed by atoms with Crippen molar-refractivity contribution in [3.05, 3.63) is 23.8 Å². The van der Waals surface area contributed by atoms with E-state index in [4.69, 9.17) is 0 Å². The number of carbonyl (C=O) groups is 3. The van der Waals surface area contributed by atoms with Crippen LogP contribution in [0.2, 0.25) is 0 Å². The number of barbiturate groups is 1. The Morgan fingerprint density at radius 1 is 1.09 bits per heavy atom. The van der Waals surface area contributed by atoms with Crippen LogP contribution in [0.5, 0.6) is 0 Å². The smallest absolute Gasteiger partial charge is 0.328 e. The molecule has 2 aliphatic rings. The van der Waals surface area contributed by atoms with Gasteiger partial charge in [0.05, 0.1) is 17.9 Å². The lowest BCUT2D eigenvalue weighted by molar-refractivity contribution is -0.136. The van der Waals surface area contributed by atoms with Crippen molar-refractivity contribution in [1.29, 1.82) is 0 Å². The summed E-state index contributed by atoms with van der Waals surface area (Å²) in [6.45, 7) is 6.42. The van der Waals surface area contributed by atoms with Crippen LogP contribution in [0.1, 0.15) is 26.3 Å². The van der Waals surface area contributed by atoms with Crippen molar-refractivity contribution in [2.24, 2.45) is 0 Å². The first-order chi connectivity index (χ1) is 10.6. The normalized spacial score (nSPS) is 19.8. The molecule has 3 rings (SSSR count). The molecule has 1 fully saturated rings. The van der Waals surface area contributed by atoms with Gasteiger partial charge in [-0.15, -0.1) is 0 Å². The minimum absolute atomic E-state index is 0.0626. The molecule has 1 aromatic rings. The van der Waals surface area contributed by atoms with Crippen molar-refractivity contribution in [2.75, 3.05) is 23.8 Å². The Labute approximate surface area is 134 Å². The van der Waals surface area contributed by atoms with Crippen molar-refractivity contribution in [3.8, 4) is 0 Å². The van der Waals surface area contributed by atoms with E-state index in [9.17, 15) is 14.4 Å². The molecule has 0 aromatic heterocycles. The zero-order valence-corrected chi connectivity index (χ0v) is 13.6. The number of benzene rings is 1. The highest BCUT2D eigenvalue weighted by Gasteiger charge is 2.53. The van der Waals surface area contributed by atoms with E-state index in [0.717, 1.165) is 11.3 Å². The lowest BCUT2D eigenvalue weighted by atomic mass is 9.85. The number of amides is 4. The predicted molar refractivity (Wildman–Crippen MR) is 86.4 cm³/mol. The lowest BCUT2D eigenvalue weighted by Gasteiger charge is -2.43. The van der Waals surface area contributed by atoms with Crippen LogP contribution in [-0.2, 0) is 15.0 Å².